The molecule has 0 aliphatic carbocycles. The Hall–Kier alpha value is -0.380. The van der Waals surface area contributed by atoms with Gasteiger partial charge in [0.15, 0.2) is 0 Å². The fraction of sp³-hybridized carbons (Fsp3) is 0.400. The standard InChI is InChI=1S/C10H12ClNOS/c11-7-1-2-9(12)10(5-7)14-8-3-4-13-6-8/h1-2,5,8H,3-4,6,12H2. The third kappa shape index (κ3) is 2.35. The van der Waals surface area contributed by atoms with Gasteiger partial charge in [-0.3, -0.25) is 0 Å². The second-order valence-electron chi connectivity index (χ2n) is 3.29. The summed E-state index contributed by atoms with van der Waals surface area (Å²) in [5.74, 6) is 0. The molecular weight excluding hydrogens is 218 g/mol. The van der Waals surface area contributed by atoms with E-state index in [1.807, 2.05) is 18.2 Å². The van der Waals surface area contributed by atoms with Crippen LogP contribution in [0.4, 0.5) is 5.69 Å². The van der Waals surface area contributed by atoms with E-state index in [2.05, 4.69) is 0 Å². The van der Waals surface area contributed by atoms with Gasteiger partial charge in [-0.05, 0) is 24.6 Å². The number of nitrogens with two attached hydrogens (primary N) is 1. The summed E-state index contributed by atoms with van der Waals surface area (Å²) in [5, 5.41) is 1.26. The topological polar surface area (TPSA) is 35.2 Å². The highest BCUT2D eigenvalue weighted by atomic mass is 35.5. The van der Waals surface area contributed by atoms with Crippen LogP contribution in [0.25, 0.3) is 0 Å². The first kappa shape index (κ1) is 10.1. The summed E-state index contributed by atoms with van der Waals surface area (Å²) in [6.07, 6.45) is 1.09. The third-order valence-corrected chi connectivity index (χ3v) is 3.70. The molecule has 0 bridgehead atoms. The molecule has 1 aliphatic heterocycles. The van der Waals surface area contributed by atoms with E-state index in [1.165, 1.54) is 0 Å². The minimum atomic E-state index is 0.524. The highest BCUT2D eigenvalue weighted by Crippen LogP contribution is 2.34. The van der Waals surface area contributed by atoms with Crippen molar-refractivity contribution in [3.8, 4) is 0 Å². The zero-order valence-electron chi connectivity index (χ0n) is 7.70. The Morgan fingerprint density at radius 2 is 2.36 bits per heavy atom. The van der Waals surface area contributed by atoms with Crippen molar-refractivity contribution in [1.82, 2.24) is 0 Å². The minimum Gasteiger partial charge on any atom is -0.398 e. The average Bonchev–Trinajstić information content (AvgIpc) is 2.64. The van der Waals surface area contributed by atoms with Gasteiger partial charge >= 0.3 is 0 Å². The number of anilines is 1. The molecule has 4 heteroatoms. The van der Waals surface area contributed by atoms with Gasteiger partial charge < -0.3 is 10.5 Å². The Morgan fingerprint density at radius 1 is 1.50 bits per heavy atom. The Labute approximate surface area is 92.8 Å². The molecule has 1 saturated heterocycles. The van der Waals surface area contributed by atoms with Gasteiger partial charge in [-0.25, -0.2) is 0 Å². The molecule has 2 rings (SSSR count). The van der Waals surface area contributed by atoms with E-state index in [-0.39, 0.29) is 0 Å². The van der Waals surface area contributed by atoms with Gasteiger partial charge in [0, 0.05) is 27.5 Å². The van der Waals surface area contributed by atoms with Gasteiger partial charge in [-0.2, -0.15) is 0 Å². The first-order valence-corrected chi connectivity index (χ1v) is 5.81. The van der Waals surface area contributed by atoms with E-state index >= 15 is 0 Å². The molecule has 0 spiro atoms. The van der Waals surface area contributed by atoms with E-state index < -0.39 is 0 Å². The minimum absolute atomic E-state index is 0.524. The highest BCUT2D eigenvalue weighted by molar-refractivity contribution is 8.00. The van der Waals surface area contributed by atoms with Crippen LogP contribution in [0.1, 0.15) is 6.42 Å². The van der Waals surface area contributed by atoms with Gasteiger partial charge in [0.25, 0.3) is 0 Å². The zero-order chi connectivity index (χ0) is 9.97. The van der Waals surface area contributed by atoms with Gasteiger partial charge in [-0.15, -0.1) is 11.8 Å². The number of thioether (sulfide) groups is 1. The molecular formula is C10H12ClNOS. The molecule has 1 heterocycles. The molecule has 0 aromatic heterocycles. The molecule has 2 nitrogen and oxygen atoms in total. The zero-order valence-corrected chi connectivity index (χ0v) is 9.27. The quantitative estimate of drug-likeness (QED) is 0.793. The highest BCUT2D eigenvalue weighted by Gasteiger charge is 2.17. The number of nitrogen functional groups attached to an aromatic ring is 1. The van der Waals surface area contributed by atoms with Crippen molar-refractivity contribution < 1.29 is 4.74 Å². The van der Waals surface area contributed by atoms with Gasteiger partial charge in [0.1, 0.15) is 0 Å². The lowest BCUT2D eigenvalue weighted by Gasteiger charge is -2.09. The average molecular weight is 230 g/mol. The van der Waals surface area contributed by atoms with Crippen LogP contribution in [-0.2, 0) is 4.74 Å². The fourth-order valence-corrected chi connectivity index (χ4v) is 2.77. The molecule has 14 heavy (non-hydrogen) atoms. The molecule has 1 atom stereocenters. The van der Waals surface area contributed by atoms with E-state index in [0.29, 0.717) is 5.25 Å². The van der Waals surface area contributed by atoms with Crippen LogP contribution in [0.15, 0.2) is 23.1 Å². The maximum Gasteiger partial charge on any atom is 0.0589 e. The van der Waals surface area contributed by atoms with Crippen molar-refractivity contribution in [1.29, 1.82) is 0 Å². The normalized spacial score (nSPS) is 21.4. The van der Waals surface area contributed by atoms with Crippen LogP contribution in [0, 0.1) is 0 Å². The lowest BCUT2D eigenvalue weighted by molar-refractivity contribution is 0.199. The summed E-state index contributed by atoms with van der Waals surface area (Å²) in [6.45, 7) is 1.68. The van der Waals surface area contributed by atoms with Crippen LogP contribution in [-0.4, -0.2) is 18.5 Å². The largest absolute Gasteiger partial charge is 0.398 e. The van der Waals surface area contributed by atoms with Gasteiger partial charge in [0.05, 0.1) is 6.61 Å². The van der Waals surface area contributed by atoms with Crippen molar-refractivity contribution in [2.45, 2.75) is 16.6 Å². The molecule has 1 aromatic carbocycles. The van der Waals surface area contributed by atoms with Crippen LogP contribution in [0.5, 0.6) is 0 Å². The second kappa shape index (κ2) is 4.43. The molecule has 76 valence electrons. The molecule has 0 saturated carbocycles. The van der Waals surface area contributed by atoms with E-state index in [4.69, 9.17) is 22.1 Å². The van der Waals surface area contributed by atoms with Crippen LogP contribution < -0.4 is 5.73 Å². The van der Waals surface area contributed by atoms with Crippen molar-refractivity contribution in [3.63, 3.8) is 0 Å². The number of benzene rings is 1. The summed E-state index contributed by atoms with van der Waals surface area (Å²) in [7, 11) is 0. The smallest absolute Gasteiger partial charge is 0.0589 e. The summed E-state index contributed by atoms with van der Waals surface area (Å²) in [6, 6.07) is 5.58. The van der Waals surface area contributed by atoms with E-state index in [0.717, 1.165) is 35.2 Å². The summed E-state index contributed by atoms with van der Waals surface area (Å²) in [4.78, 5) is 1.06. The molecule has 1 aromatic rings. The predicted molar refractivity (Wildman–Crippen MR) is 60.9 cm³/mol. The number of hydrogen-bond donors (Lipinski definition) is 1. The molecule has 0 radical (unpaired) electrons. The molecule has 0 amide bonds. The predicted octanol–water partition coefficient (Wildman–Crippen LogP) is 2.80. The van der Waals surface area contributed by atoms with Crippen molar-refractivity contribution in [2.24, 2.45) is 0 Å². The van der Waals surface area contributed by atoms with Crippen molar-refractivity contribution in [2.75, 3.05) is 18.9 Å². The number of hydrogen-bond acceptors (Lipinski definition) is 3. The maximum atomic E-state index is 5.90. The Bertz CT molecular complexity index is 326. The molecule has 1 aliphatic rings. The lowest BCUT2D eigenvalue weighted by Crippen LogP contribution is -2.01. The summed E-state index contributed by atoms with van der Waals surface area (Å²) >= 11 is 7.66. The van der Waals surface area contributed by atoms with Crippen molar-refractivity contribution in [3.05, 3.63) is 23.2 Å². The number of rotatable bonds is 2. The first-order chi connectivity index (χ1) is 6.75. The maximum absolute atomic E-state index is 5.90. The van der Waals surface area contributed by atoms with Gasteiger partial charge in [0.2, 0.25) is 0 Å². The molecule has 1 unspecified atom stereocenters. The number of ether oxygens (including phenoxy) is 1. The van der Waals surface area contributed by atoms with Crippen molar-refractivity contribution >= 4 is 29.1 Å². The van der Waals surface area contributed by atoms with Crippen LogP contribution in [0.3, 0.4) is 0 Å². The lowest BCUT2D eigenvalue weighted by atomic mass is 10.3. The molecule has 1 fully saturated rings. The Kier molecular flexibility index (Phi) is 3.21. The van der Waals surface area contributed by atoms with Crippen LogP contribution in [0.2, 0.25) is 5.02 Å². The summed E-state index contributed by atoms with van der Waals surface area (Å²) < 4.78 is 5.30. The fourth-order valence-electron chi connectivity index (χ4n) is 1.40. The third-order valence-electron chi connectivity index (χ3n) is 2.16. The monoisotopic (exact) mass is 229 g/mol. The van der Waals surface area contributed by atoms with E-state index in [1.54, 1.807) is 11.8 Å². The summed E-state index contributed by atoms with van der Waals surface area (Å²) in [5.41, 5.74) is 6.64. The Balaban J connectivity index is 2.10. The van der Waals surface area contributed by atoms with E-state index in [9.17, 15) is 0 Å². The Morgan fingerprint density at radius 3 is 3.07 bits per heavy atom. The number of halogens is 1. The van der Waals surface area contributed by atoms with Crippen LogP contribution >= 0.6 is 23.4 Å². The van der Waals surface area contributed by atoms with Gasteiger partial charge in [-0.1, -0.05) is 11.6 Å². The molecule has 2 N–H and O–H groups in total. The first-order valence-electron chi connectivity index (χ1n) is 4.55. The SMILES string of the molecule is Nc1ccc(Cl)cc1SC1CCOC1. The second-order valence-corrected chi connectivity index (χ2v) is 5.06.